The molecule has 0 heterocycles. The summed E-state index contributed by atoms with van der Waals surface area (Å²) in [5.41, 5.74) is 8.00. The number of nitrogens with zero attached hydrogens (tertiary/aromatic N) is 1. The highest BCUT2D eigenvalue weighted by Gasteiger charge is 2.20. The van der Waals surface area contributed by atoms with Crippen LogP contribution in [0.4, 0.5) is 0 Å². The highest BCUT2D eigenvalue weighted by Crippen LogP contribution is 2.16. The number of hydrogen-bond acceptors (Lipinski definition) is 2. The van der Waals surface area contributed by atoms with Crippen molar-refractivity contribution in [3.05, 3.63) is 48.0 Å². The molecule has 0 aliphatic carbocycles. The van der Waals surface area contributed by atoms with Crippen LogP contribution in [0.15, 0.2) is 47.5 Å². The smallest absolute Gasteiger partial charge is 0.188 e. The number of aliphatic imine (C=N–C) groups is 1. The molecule has 124 valence electrons. The molecule has 0 amide bonds. The van der Waals surface area contributed by atoms with Gasteiger partial charge in [0.15, 0.2) is 5.96 Å². The monoisotopic (exact) mass is 416 g/mol. The second-order valence-corrected chi connectivity index (χ2v) is 6.17. The van der Waals surface area contributed by atoms with Crippen molar-refractivity contribution in [1.82, 2.24) is 10.6 Å². The Morgan fingerprint density at radius 3 is 2.45 bits per heavy atom. The predicted molar refractivity (Wildman–Crippen MR) is 107 cm³/mol. The van der Waals surface area contributed by atoms with Gasteiger partial charge < -0.3 is 16.4 Å². The molecule has 0 aliphatic heterocycles. The van der Waals surface area contributed by atoms with Crippen molar-refractivity contribution in [3.63, 3.8) is 0 Å². The van der Waals surface area contributed by atoms with E-state index in [1.807, 2.05) is 13.0 Å². The Morgan fingerprint density at radius 1 is 1.32 bits per heavy atom. The minimum absolute atomic E-state index is 0. The van der Waals surface area contributed by atoms with Gasteiger partial charge in [-0.1, -0.05) is 42.5 Å². The molecule has 0 fully saturated rings. The van der Waals surface area contributed by atoms with Crippen molar-refractivity contribution in [2.45, 2.75) is 39.3 Å². The number of nitrogens with two attached hydrogens (primary N) is 1. The number of nitrogens with one attached hydrogen (secondary N) is 2. The normalized spacial score (nSPS) is 13.2. The minimum Gasteiger partial charge on any atom is -0.370 e. The van der Waals surface area contributed by atoms with Crippen LogP contribution in [0.5, 0.6) is 0 Å². The van der Waals surface area contributed by atoms with E-state index in [1.165, 1.54) is 5.56 Å². The molecule has 0 saturated heterocycles. The van der Waals surface area contributed by atoms with Crippen LogP contribution >= 0.6 is 24.0 Å². The van der Waals surface area contributed by atoms with E-state index in [4.69, 9.17) is 5.73 Å². The van der Waals surface area contributed by atoms with E-state index in [-0.39, 0.29) is 35.6 Å². The summed E-state index contributed by atoms with van der Waals surface area (Å²) in [4.78, 5) is 4.39. The van der Waals surface area contributed by atoms with Gasteiger partial charge in [0.1, 0.15) is 0 Å². The van der Waals surface area contributed by atoms with Crippen LogP contribution in [0.3, 0.4) is 0 Å². The van der Waals surface area contributed by atoms with Gasteiger partial charge in [-0.05, 0) is 33.3 Å². The van der Waals surface area contributed by atoms with E-state index in [0.29, 0.717) is 19.0 Å². The quantitative estimate of drug-likeness (QED) is 0.277. The zero-order valence-electron chi connectivity index (χ0n) is 14.0. The molecule has 0 radical (unpaired) electrons. The van der Waals surface area contributed by atoms with E-state index < -0.39 is 0 Å². The van der Waals surface area contributed by atoms with Crippen molar-refractivity contribution >= 4 is 29.9 Å². The maximum Gasteiger partial charge on any atom is 0.188 e. The summed E-state index contributed by atoms with van der Waals surface area (Å²) in [6.07, 6.45) is 0. The lowest BCUT2D eigenvalue weighted by molar-refractivity contribution is 0.357. The molecule has 1 atom stereocenters. The Balaban J connectivity index is 0.00000441. The van der Waals surface area contributed by atoms with Crippen molar-refractivity contribution in [2.24, 2.45) is 10.7 Å². The molecule has 4 N–H and O–H groups in total. The third-order valence-electron chi connectivity index (χ3n) is 3.12. The molecule has 4 nitrogen and oxygen atoms in total. The summed E-state index contributed by atoms with van der Waals surface area (Å²) >= 11 is 0. The van der Waals surface area contributed by atoms with Crippen LogP contribution in [0.1, 0.15) is 39.3 Å². The van der Waals surface area contributed by atoms with Crippen LogP contribution in [0.2, 0.25) is 0 Å². The third kappa shape index (κ3) is 8.38. The summed E-state index contributed by atoms with van der Waals surface area (Å²) in [5, 5.41) is 6.62. The van der Waals surface area contributed by atoms with Crippen molar-refractivity contribution in [3.8, 4) is 0 Å². The first-order valence-electron chi connectivity index (χ1n) is 7.31. The fraction of sp³-hybridized carbons (Fsp3) is 0.471. The van der Waals surface area contributed by atoms with Gasteiger partial charge in [-0.2, -0.15) is 0 Å². The highest BCUT2D eigenvalue weighted by molar-refractivity contribution is 14.0. The Kier molecular flexibility index (Phi) is 9.36. The molecule has 0 saturated carbocycles. The van der Waals surface area contributed by atoms with E-state index in [0.717, 1.165) is 5.57 Å². The van der Waals surface area contributed by atoms with E-state index in [2.05, 4.69) is 67.2 Å². The summed E-state index contributed by atoms with van der Waals surface area (Å²) < 4.78 is 0. The van der Waals surface area contributed by atoms with Crippen molar-refractivity contribution in [1.29, 1.82) is 0 Å². The molecule has 0 aliphatic rings. The van der Waals surface area contributed by atoms with Crippen LogP contribution in [0, 0.1) is 0 Å². The largest absolute Gasteiger partial charge is 0.370 e. The SMILES string of the molecule is C=C(C)CNC(N)=NCC(C)(C)NC(C)c1ccccc1.I. The molecule has 5 heteroatoms. The topological polar surface area (TPSA) is 62.4 Å². The molecule has 0 bridgehead atoms. The summed E-state index contributed by atoms with van der Waals surface area (Å²) in [7, 11) is 0. The van der Waals surface area contributed by atoms with E-state index in [9.17, 15) is 0 Å². The molecule has 1 aromatic carbocycles. The van der Waals surface area contributed by atoms with Gasteiger partial charge in [-0.25, -0.2) is 0 Å². The van der Waals surface area contributed by atoms with E-state index >= 15 is 0 Å². The fourth-order valence-electron chi connectivity index (χ4n) is 2.04. The first-order valence-corrected chi connectivity index (χ1v) is 7.31. The Bertz CT molecular complexity index is 483. The molecule has 22 heavy (non-hydrogen) atoms. The molecule has 1 rings (SSSR count). The van der Waals surface area contributed by atoms with Gasteiger partial charge in [0.25, 0.3) is 0 Å². The Hall–Kier alpha value is -1.08. The summed E-state index contributed by atoms with van der Waals surface area (Å²) in [6.45, 7) is 13.5. The van der Waals surface area contributed by atoms with Crippen LogP contribution in [-0.4, -0.2) is 24.6 Å². The lowest BCUT2D eigenvalue weighted by Crippen LogP contribution is -2.44. The van der Waals surface area contributed by atoms with Crippen LogP contribution in [0.25, 0.3) is 0 Å². The minimum atomic E-state index is -0.134. The number of hydrogen-bond donors (Lipinski definition) is 3. The average Bonchev–Trinajstić information content (AvgIpc) is 2.43. The van der Waals surface area contributed by atoms with Gasteiger partial charge in [0.05, 0.1) is 6.54 Å². The highest BCUT2D eigenvalue weighted by atomic mass is 127. The van der Waals surface area contributed by atoms with Gasteiger partial charge in [0.2, 0.25) is 0 Å². The third-order valence-corrected chi connectivity index (χ3v) is 3.12. The molecule has 1 aromatic rings. The maximum absolute atomic E-state index is 5.84. The van der Waals surface area contributed by atoms with Crippen LogP contribution < -0.4 is 16.4 Å². The lowest BCUT2D eigenvalue weighted by Gasteiger charge is -2.29. The number of rotatable bonds is 7. The lowest BCUT2D eigenvalue weighted by atomic mass is 10.0. The second kappa shape index (κ2) is 9.84. The first kappa shape index (κ1) is 20.9. The second-order valence-electron chi connectivity index (χ2n) is 6.17. The van der Waals surface area contributed by atoms with E-state index in [1.54, 1.807) is 0 Å². The zero-order chi connectivity index (χ0) is 15.9. The first-order chi connectivity index (χ1) is 9.80. The standard InChI is InChI=1S/C17H28N4.HI/c1-13(2)11-19-16(18)20-12-17(4,5)21-14(3)15-9-7-6-8-10-15;/h6-10,14,21H,1,11-12H2,2-5H3,(H3,18,19,20);1H. The fourth-order valence-corrected chi connectivity index (χ4v) is 2.04. The Morgan fingerprint density at radius 2 is 1.91 bits per heavy atom. The van der Waals surface area contributed by atoms with Crippen molar-refractivity contribution in [2.75, 3.05) is 13.1 Å². The molecular formula is C17H29IN4. The van der Waals surface area contributed by atoms with Gasteiger partial charge in [-0.3, -0.25) is 4.99 Å². The predicted octanol–water partition coefficient (Wildman–Crippen LogP) is 3.21. The van der Waals surface area contributed by atoms with Gasteiger partial charge in [-0.15, -0.1) is 24.0 Å². The Labute approximate surface area is 151 Å². The average molecular weight is 416 g/mol. The zero-order valence-corrected chi connectivity index (χ0v) is 16.3. The van der Waals surface area contributed by atoms with Crippen molar-refractivity contribution < 1.29 is 0 Å². The van der Waals surface area contributed by atoms with Gasteiger partial charge in [0, 0.05) is 18.1 Å². The summed E-state index contributed by atoms with van der Waals surface area (Å²) in [5.74, 6) is 0.459. The molecule has 0 aromatic heterocycles. The molecular weight excluding hydrogens is 387 g/mol. The van der Waals surface area contributed by atoms with Gasteiger partial charge >= 0.3 is 0 Å². The number of benzene rings is 1. The van der Waals surface area contributed by atoms with Crippen LogP contribution in [-0.2, 0) is 0 Å². The molecule has 1 unspecified atom stereocenters. The molecule has 0 spiro atoms. The maximum atomic E-state index is 5.84. The number of halogens is 1. The number of guanidine groups is 1. The summed E-state index contributed by atoms with van der Waals surface area (Å²) in [6, 6.07) is 10.6.